The summed E-state index contributed by atoms with van der Waals surface area (Å²) in [5.41, 5.74) is 0.736. The molecule has 84 valence electrons. The van der Waals surface area contributed by atoms with Crippen molar-refractivity contribution in [1.82, 2.24) is 5.32 Å². The highest BCUT2D eigenvalue weighted by atomic mass is 16.5. The van der Waals surface area contributed by atoms with Gasteiger partial charge in [-0.3, -0.25) is 0 Å². The maximum Gasteiger partial charge on any atom is 0.145 e. The number of allylic oxidation sites excluding steroid dienone is 2. The van der Waals surface area contributed by atoms with Crippen LogP contribution in [0.3, 0.4) is 0 Å². The standard InChI is InChI=1S/C11H17NO3/c1-4-9(14-3)11-10(5-2)15-7-8(6-13)12-11/h4-5,8,12-13H,1,6-7H2,2-3H3/b10-5+,11-9-. The summed E-state index contributed by atoms with van der Waals surface area (Å²) in [5.74, 6) is 1.33. The number of hydrogen-bond acceptors (Lipinski definition) is 4. The SMILES string of the molecule is C=C/C(OC)=C1/NC(CO)CO/C1=C/C. The maximum absolute atomic E-state index is 9.04. The lowest BCUT2D eigenvalue weighted by Crippen LogP contribution is -2.41. The number of ether oxygens (including phenoxy) is 2. The summed E-state index contributed by atoms with van der Waals surface area (Å²) >= 11 is 0. The van der Waals surface area contributed by atoms with Crippen molar-refractivity contribution in [3.05, 3.63) is 35.9 Å². The highest BCUT2D eigenvalue weighted by molar-refractivity contribution is 5.33. The molecule has 0 radical (unpaired) electrons. The minimum absolute atomic E-state index is 0.0225. The summed E-state index contributed by atoms with van der Waals surface area (Å²) in [6.07, 6.45) is 3.45. The maximum atomic E-state index is 9.04. The van der Waals surface area contributed by atoms with Gasteiger partial charge in [-0.1, -0.05) is 6.58 Å². The quantitative estimate of drug-likeness (QED) is 0.681. The fourth-order valence-electron chi connectivity index (χ4n) is 1.39. The molecule has 0 amide bonds. The van der Waals surface area contributed by atoms with Gasteiger partial charge in [-0.05, 0) is 19.1 Å². The molecule has 1 fully saturated rings. The van der Waals surface area contributed by atoms with Gasteiger partial charge < -0.3 is 19.9 Å². The average Bonchev–Trinajstić information content (AvgIpc) is 2.30. The van der Waals surface area contributed by atoms with E-state index in [1.807, 2.05) is 13.0 Å². The normalized spacial score (nSPS) is 26.6. The second-order valence-corrected chi connectivity index (χ2v) is 3.14. The lowest BCUT2D eigenvalue weighted by Gasteiger charge is -2.29. The van der Waals surface area contributed by atoms with E-state index in [1.165, 1.54) is 0 Å². The third-order valence-corrected chi connectivity index (χ3v) is 2.17. The van der Waals surface area contributed by atoms with Crippen molar-refractivity contribution in [1.29, 1.82) is 0 Å². The van der Waals surface area contributed by atoms with Crippen molar-refractivity contribution in [3.63, 3.8) is 0 Å². The topological polar surface area (TPSA) is 50.7 Å². The zero-order valence-corrected chi connectivity index (χ0v) is 9.12. The van der Waals surface area contributed by atoms with Gasteiger partial charge in [-0.15, -0.1) is 0 Å². The summed E-state index contributed by atoms with van der Waals surface area (Å²) in [4.78, 5) is 0. The molecule has 1 rings (SSSR count). The zero-order valence-electron chi connectivity index (χ0n) is 9.12. The van der Waals surface area contributed by atoms with Crippen molar-refractivity contribution in [2.45, 2.75) is 13.0 Å². The van der Waals surface area contributed by atoms with Crippen LogP contribution in [-0.2, 0) is 9.47 Å². The highest BCUT2D eigenvalue weighted by Gasteiger charge is 2.22. The predicted octanol–water partition coefficient (Wildman–Crippen LogP) is 0.915. The van der Waals surface area contributed by atoms with Crippen LogP contribution in [0.4, 0.5) is 0 Å². The molecule has 0 aromatic carbocycles. The van der Waals surface area contributed by atoms with Crippen LogP contribution in [0, 0.1) is 0 Å². The monoisotopic (exact) mass is 211 g/mol. The van der Waals surface area contributed by atoms with E-state index in [0.717, 1.165) is 11.5 Å². The lowest BCUT2D eigenvalue weighted by molar-refractivity contribution is 0.116. The van der Waals surface area contributed by atoms with Crippen molar-refractivity contribution in [2.75, 3.05) is 20.3 Å². The lowest BCUT2D eigenvalue weighted by atomic mass is 10.2. The molecule has 4 nitrogen and oxygen atoms in total. The second-order valence-electron chi connectivity index (χ2n) is 3.14. The summed E-state index contributed by atoms with van der Waals surface area (Å²) in [6.45, 7) is 6.01. The number of aliphatic hydroxyl groups is 1. The number of rotatable bonds is 3. The molecule has 1 saturated heterocycles. The Labute approximate surface area is 89.9 Å². The molecule has 0 spiro atoms. The van der Waals surface area contributed by atoms with Crippen LogP contribution < -0.4 is 5.32 Å². The molecular formula is C11H17NO3. The zero-order chi connectivity index (χ0) is 11.3. The molecule has 0 aromatic rings. The van der Waals surface area contributed by atoms with Gasteiger partial charge in [0.1, 0.15) is 23.8 Å². The largest absolute Gasteiger partial charge is 0.494 e. The Balaban J connectivity index is 2.98. The van der Waals surface area contributed by atoms with Crippen molar-refractivity contribution in [3.8, 4) is 0 Å². The summed E-state index contributed by atoms with van der Waals surface area (Å²) in [7, 11) is 1.57. The van der Waals surface area contributed by atoms with Gasteiger partial charge in [0.15, 0.2) is 0 Å². The third-order valence-electron chi connectivity index (χ3n) is 2.17. The molecule has 4 heteroatoms. The smallest absolute Gasteiger partial charge is 0.145 e. The van der Waals surface area contributed by atoms with Gasteiger partial charge in [0.25, 0.3) is 0 Å². The van der Waals surface area contributed by atoms with Gasteiger partial charge in [0, 0.05) is 0 Å². The summed E-state index contributed by atoms with van der Waals surface area (Å²) < 4.78 is 10.6. The first-order valence-corrected chi connectivity index (χ1v) is 4.84. The fourth-order valence-corrected chi connectivity index (χ4v) is 1.39. The van der Waals surface area contributed by atoms with E-state index in [9.17, 15) is 0 Å². The molecule has 1 atom stereocenters. The van der Waals surface area contributed by atoms with Gasteiger partial charge in [0.2, 0.25) is 0 Å². The van der Waals surface area contributed by atoms with Crippen LogP contribution >= 0.6 is 0 Å². The Morgan fingerprint density at radius 3 is 3.00 bits per heavy atom. The molecule has 0 aliphatic carbocycles. The van der Waals surface area contributed by atoms with Gasteiger partial charge in [-0.25, -0.2) is 0 Å². The van der Waals surface area contributed by atoms with Crippen LogP contribution in [-0.4, -0.2) is 31.5 Å². The molecule has 1 aliphatic rings. The van der Waals surface area contributed by atoms with Gasteiger partial charge >= 0.3 is 0 Å². The summed E-state index contributed by atoms with van der Waals surface area (Å²) in [5, 5.41) is 12.2. The minimum atomic E-state index is -0.103. The van der Waals surface area contributed by atoms with E-state index < -0.39 is 0 Å². The number of morpholine rings is 1. The molecule has 2 N–H and O–H groups in total. The van der Waals surface area contributed by atoms with Crippen molar-refractivity contribution >= 4 is 0 Å². The van der Waals surface area contributed by atoms with E-state index in [1.54, 1.807) is 13.2 Å². The Kier molecular flexibility index (Phi) is 4.24. The number of methoxy groups -OCH3 is 1. The Morgan fingerprint density at radius 1 is 1.80 bits per heavy atom. The van der Waals surface area contributed by atoms with Crippen LogP contribution in [0.2, 0.25) is 0 Å². The fraction of sp³-hybridized carbons (Fsp3) is 0.455. The molecule has 15 heavy (non-hydrogen) atoms. The van der Waals surface area contributed by atoms with E-state index in [4.69, 9.17) is 14.6 Å². The third kappa shape index (κ3) is 2.53. The van der Waals surface area contributed by atoms with Crippen LogP contribution in [0.15, 0.2) is 35.9 Å². The van der Waals surface area contributed by atoms with Crippen molar-refractivity contribution in [2.24, 2.45) is 0 Å². The summed E-state index contributed by atoms with van der Waals surface area (Å²) in [6, 6.07) is -0.103. The first-order chi connectivity index (χ1) is 7.26. The Hall–Kier alpha value is -1.42. The van der Waals surface area contributed by atoms with E-state index in [0.29, 0.717) is 12.4 Å². The highest BCUT2D eigenvalue weighted by Crippen LogP contribution is 2.20. The second kappa shape index (κ2) is 5.46. The van der Waals surface area contributed by atoms with E-state index in [2.05, 4.69) is 11.9 Å². The number of nitrogens with one attached hydrogen (secondary N) is 1. The molecule has 0 aromatic heterocycles. The number of aliphatic hydroxyl groups excluding tert-OH is 1. The minimum Gasteiger partial charge on any atom is -0.494 e. The molecule has 1 aliphatic heterocycles. The van der Waals surface area contributed by atoms with E-state index in [-0.39, 0.29) is 12.6 Å². The van der Waals surface area contributed by atoms with Crippen LogP contribution in [0.5, 0.6) is 0 Å². The first-order valence-electron chi connectivity index (χ1n) is 4.84. The van der Waals surface area contributed by atoms with Crippen molar-refractivity contribution < 1.29 is 14.6 Å². The number of hydrogen-bond donors (Lipinski definition) is 2. The predicted molar refractivity (Wildman–Crippen MR) is 58.0 cm³/mol. The molecule has 1 unspecified atom stereocenters. The van der Waals surface area contributed by atoms with Crippen LogP contribution in [0.1, 0.15) is 6.92 Å². The first kappa shape index (κ1) is 11.7. The van der Waals surface area contributed by atoms with Gasteiger partial charge in [0.05, 0.1) is 19.8 Å². The van der Waals surface area contributed by atoms with E-state index >= 15 is 0 Å². The molecule has 0 saturated carbocycles. The molecule has 1 heterocycles. The Morgan fingerprint density at radius 2 is 2.53 bits per heavy atom. The Bertz CT molecular complexity index is 294. The molecule has 0 bridgehead atoms. The van der Waals surface area contributed by atoms with Gasteiger partial charge in [-0.2, -0.15) is 0 Å². The molecular weight excluding hydrogens is 194 g/mol. The van der Waals surface area contributed by atoms with Crippen LogP contribution in [0.25, 0.3) is 0 Å². The average molecular weight is 211 g/mol.